The third kappa shape index (κ3) is 4.61. The first-order valence-corrected chi connectivity index (χ1v) is 10.3. The van der Waals surface area contributed by atoms with E-state index in [1.165, 1.54) is 6.20 Å². The van der Waals surface area contributed by atoms with Gasteiger partial charge in [-0.3, -0.25) is 0 Å². The van der Waals surface area contributed by atoms with Crippen molar-refractivity contribution in [3.8, 4) is 0 Å². The molecule has 0 bridgehead atoms. The largest absolute Gasteiger partial charge is 0.481 e. The molecule has 3 aromatic rings. The third-order valence-corrected chi connectivity index (χ3v) is 4.86. The van der Waals surface area contributed by atoms with Gasteiger partial charge in [-0.25, -0.2) is 24.4 Å². The van der Waals surface area contributed by atoms with Crippen LogP contribution in [-0.2, 0) is 4.74 Å². The normalized spacial score (nSPS) is 14.3. The van der Waals surface area contributed by atoms with Gasteiger partial charge in [0, 0.05) is 12.4 Å². The summed E-state index contributed by atoms with van der Waals surface area (Å²) >= 11 is 0. The highest BCUT2D eigenvalue weighted by atomic mass is 19.1. The molecule has 0 saturated carbocycles. The average molecular weight is 438 g/mol. The number of ether oxygens (including phenoxy) is 1. The van der Waals surface area contributed by atoms with Crippen LogP contribution in [0.1, 0.15) is 50.4 Å². The van der Waals surface area contributed by atoms with Crippen LogP contribution >= 0.6 is 0 Å². The van der Waals surface area contributed by atoms with E-state index in [9.17, 15) is 4.39 Å². The number of methoxy groups -OCH3 is 1. The van der Waals surface area contributed by atoms with Crippen molar-refractivity contribution in [2.45, 2.75) is 39.7 Å². The molecule has 0 aromatic carbocycles. The van der Waals surface area contributed by atoms with Gasteiger partial charge >= 0.3 is 0 Å². The molecule has 1 atom stereocenters. The Morgan fingerprint density at radius 2 is 2.06 bits per heavy atom. The van der Waals surface area contributed by atoms with Gasteiger partial charge in [0.15, 0.2) is 11.7 Å². The molecule has 4 N–H and O–H groups in total. The molecular weight excluding hydrogens is 409 g/mol. The summed E-state index contributed by atoms with van der Waals surface area (Å²) in [7, 11) is 1.58. The molecule has 3 rings (SSSR count). The molecule has 0 aliphatic heterocycles. The summed E-state index contributed by atoms with van der Waals surface area (Å²) in [6, 6.07) is 1.55. The van der Waals surface area contributed by atoms with Crippen LogP contribution < -0.4 is 5.73 Å². The zero-order valence-electron chi connectivity index (χ0n) is 18.8. The Bertz CT molecular complexity index is 1200. The summed E-state index contributed by atoms with van der Waals surface area (Å²) in [5.74, 6) is 0.296. The number of amidine groups is 1. The highest BCUT2D eigenvalue weighted by Gasteiger charge is 2.23. The monoisotopic (exact) mass is 437 g/mol. The van der Waals surface area contributed by atoms with Crippen molar-refractivity contribution in [1.29, 1.82) is 0 Å². The van der Waals surface area contributed by atoms with Gasteiger partial charge < -0.3 is 20.4 Å². The molecule has 32 heavy (non-hydrogen) atoms. The van der Waals surface area contributed by atoms with Crippen LogP contribution in [-0.4, -0.2) is 46.2 Å². The molecule has 168 valence electrons. The lowest BCUT2D eigenvalue weighted by molar-refractivity contribution is 0.401. The fraction of sp³-hybridized carbons (Fsp3) is 0.304. The summed E-state index contributed by atoms with van der Waals surface area (Å²) in [6.07, 6.45) is 9.82. The van der Waals surface area contributed by atoms with Crippen molar-refractivity contribution >= 4 is 34.8 Å². The molecule has 3 aromatic heterocycles. The summed E-state index contributed by atoms with van der Waals surface area (Å²) in [5.41, 5.74) is 8.38. The van der Waals surface area contributed by atoms with Gasteiger partial charge in [0.25, 0.3) is 0 Å². The molecule has 0 saturated heterocycles. The Morgan fingerprint density at radius 1 is 1.28 bits per heavy atom. The number of aromatic nitrogens is 3. The van der Waals surface area contributed by atoms with Crippen molar-refractivity contribution in [1.82, 2.24) is 15.0 Å². The molecule has 0 aliphatic rings. The standard InChI is InChI=1S/C23H28FN7O/c1-6-7-14(4)30-23(32-5)16-10-27-20(18(16)13(2)3)22(29-12-25)31-17-11-28-21-15(19(17)24)8-9-26-21/h6-14,27H,1-5H3,(H,26,28)(H2,25,29,31)/b7-6-,30-23?. The summed E-state index contributed by atoms with van der Waals surface area (Å²) in [6.45, 7) is 7.99. The van der Waals surface area contributed by atoms with Gasteiger partial charge in [-0.1, -0.05) is 26.0 Å². The fourth-order valence-electron chi connectivity index (χ4n) is 3.51. The number of nitrogens with one attached hydrogen (secondary N) is 2. The lowest BCUT2D eigenvalue weighted by Gasteiger charge is -2.13. The lowest BCUT2D eigenvalue weighted by Crippen LogP contribution is -2.12. The maximum absolute atomic E-state index is 15.0. The van der Waals surface area contributed by atoms with E-state index in [1.54, 1.807) is 25.6 Å². The smallest absolute Gasteiger partial charge is 0.218 e. The number of hydrogen-bond donors (Lipinski definition) is 3. The van der Waals surface area contributed by atoms with Crippen LogP contribution in [0.3, 0.4) is 0 Å². The van der Waals surface area contributed by atoms with Crippen molar-refractivity contribution < 1.29 is 9.13 Å². The Balaban J connectivity index is 2.16. The number of allylic oxidation sites excluding steroid dienone is 1. The lowest BCUT2D eigenvalue weighted by atomic mass is 9.98. The van der Waals surface area contributed by atoms with Crippen LogP contribution in [0.5, 0.6) is 0 Å². The van der Waals surface area contributed by atoms with Crippen LogP contribution in [0, 0.1) is 5.82 Å². The molecule has 0 aliphatic carbocycles. The molecule has 9 heteroatoms. The van der Waals surface area contributed by atoms with Gasteiger partial charge in [-0.15, -0.1) is 0 Å². The van der Waals surface area contributed by atoms with Crippen LogP contribution in [0.25, 0.3) is 11.0 Å². The minimum atomic E-state index is -0.488. The fourth-order valence-corrected chi connectivity index (χ4v) is 3.51. The average Bonchev–Trinajstić information content (AvgIpc) is 3.41. The van der Waals surface area contributed by atoms with Gasteiger partial charge in [0.05, 0.1) is 42.3 Å². The maximum atomic E-state index is 15.0. The van der Waals surface area contributed by atoms with E-state index in [4.69, 9.17) is 10.5 Å². The zero-order chi connectivity index (χ0) is 23.3. The van der Waals surface area contributed by atoms with E-state index in [0.717, 1.165) is 17.5 Å². The topological polar surface area (TPSA) is 117 Å². The van der Waals surface area contributed by atoms with E-state index in [2.05, 4.69) is 29.9 Å². The number of fused-ring (bicyclic) bond motifs is 1. The van der Waals surface area contributed by atoms with E-state index < -0.39 is 5.82 Å². The van der Waals surface area contributed by atoms with E-state index in [0.29, 0.717) is 22.6 Å². The highest BCUT2D eigenvalue weighted by Crippen LogP contribution is 2.29. The SMILES string of the molecule is C/C=C\C(C)N=C(OC)c1c[nH]c(C(N=CN)=Nc2cnc3[nH]ccc3c2F)c1C(C)C. The van der Waals surface area contributed by atoms with Crippen molar-refractivity contribution in [3.63, 3.8) is 0 Å². The number of rotatable bonds is 6. The van der Waals surface area contributed by atoms with E-state index in [1.807, 2.05) is 39.8 Å². The van der Waals surface area contributed by atoms with Gasteiger partial charge in [-0.05, 0) is 31.4 Å². The predicted molar refractivity (Wildman–Crippen MR) is 128 cm³/mol. The number of hydrogen-bond acceptors (Lipinski definition) is 4. The predicted octanol–water partition coefficient (Wildman–Crippen LogP) is 4.58. The van der Waals surface area contributed by atoms with Crippen molar-refractivity contribution in [2.75, 3.05) is 7.11 Å². The second kappa shape index (κ2) is 10.0. The molecule has 1 unspecified atom stereocenters. The Morgan fingerprint density at radius 3 is 2.72 bits per heavy atom. The molecule has 0 amide bonds. The van der Waals surface area contributed by atoms with Crippen LogP contribution in [0.2, 0.25) is 0 Å². The summed E-state index contributed by atoms with van der Waals surface area (Å²) in [4.78, 5) is 23.6. The van der Waals surface area contributed by atoms with E-state index >= 15 is 0 Å². The first-order chi connectivity index (χ1) is 15.4. The van der Waals surface area contributed by atoms with Gasteiger partial charge in [0.1, 0.15) is 11.3 Å². The first-order valence-electron chi connectivity index (χ1n) is 10.3. The van der Waals surface area contributed by atoms with Crippen LogP contribution in [0.15, 0.2) is 51.8 Å². The minimum Gasteiger partial charge on any atom is -0.481 e. The Kier molecular flexibility index (Phi) is 7.19. The second-order valence-corrected chi connectivity index (χ2v) is 7.46. The number of aliphatic imine (C=N–C) groups is 3. The highest BCUT2D eigenvalue weighted by molar-refractivity contribution is 6.07. The minimum absolute atomic E-state index is 0.0586. The van der Waals surface area contributed by atoms with Gasteiger partial charge in [-0.2, -0.15) is 0 Å². The summed E-state index contributed by atoms with van der Waals surface area (Å²) in [5, 5.41) is 0.352. The quantitative estimate of drug-likeness (QED) is 0.298. The van der Waals surface area contributed by atoms with Crippen molar-refractivity contribution in [3.05, 3.63) is 59.4 Å². The van der Waals surface area contributed by atoms with E-state index in [-0.39, 0.29) is 23.5 Å². The summed E-state index contributed by atoms with van der Waals surface area (Å²) < 4.78 is 20.6. The molecule has 0 fully saturated rings. The number of H-pyrrole nitrogens is 2. The molecule has 8 nitrogen and oxygen atoms in total. The van der Waals surface area contributed by atoms with Crippen LogP contribution in [0.4, 0.5) is 10.1 Å². The Hall–Kier alpha value is -3.75. The molecule has 0 radical (unpaired) electrons. The third-order valence-electron chi connectivity index (χ3n) is 4.86. The number of nitrogens with zero attached hydrogens (tertiary/aromatic N) is 4. The molecule has 3 heterocycles. The zero-order valence-corrected chi connectivity index (χ0v) is 18.8. The second-order valence-electron chi connectivity index (χ2n) is 7.46. The van der Waals surface area contributed by atoms with Crippen molar-refractivity contribution in [2.24, 2.45) is 20.7 Å². The number of nitrogens with two attached hydrogens (primary N) is 1. The maximum Gasteiger partial charge on any atom is 0.218 e. The number of pyridine rings is 1. The number of aromatic amines is 2. The Labute approximate surface area is 186 Å². The molecule has 0 spiro atoms. The van der Waals surface area contributed by atoms with Gasteiger partial charge in [0.2, 0.25) is 5.90 Å². The number of halogens is 1. The first kappa shape index (κ1) is 22.9. The molecular formula is C23H28FN7O.